The number of aliphatic hydroxyl groups is 3. The molecule has 3 fully saturated rings. The number of piperidine rings is 1. The van der Waals surface area contributed by atoms with E-state index in [9.17, 15) is 24.9 Å². The maximum atomic E-state index is 14.3. The van der Waals surface area contributed by atoms with Crippen LogP contribution >= 0.6 is 0 Å². The lowest BCUT2D eigenvalue weighted by Gasteiger charge is -2.47. The minimum absolute atomic E-state index is 0.135. The van der Waals surface area contributed by atoms with E-state index in [0.717, 1.165) is 25.9 Å². The van der Waals surface area contributed by atoms with E-state index in [-0.39, 0.29) is 31.1 Å². The molecular weight excluding hydrogens is 694 g/mol. The Hall–Kier alpha value is -2.15. The summed E-state index contributed by atoms with van der Waals surface area (Å²) in [4.78, 5) is 38.5. The van der Waals surface area contributed by atoms with Crippen molar-refractivity contribution < 1.29 is 48.7 Å². The van der Waals surface area contributed by atoms with Crippen molar-refractivity contribution >= 4 is 17.5 Å². The molecule has 0 aromatic rings. The van der Waals surface area contributed by atoms with Gasteiger partial charge in [0.2, 0.25) is 0 Å². The van der Waals surface area contributed by atoms with E-state index in [1.54, 1.807) is 20.8 Å². The number of nitrogens with zero attached hydrogens (tertiary/aromatic N) is 3. The van der Waals surface area contributed by atoms with Gasteiger partial charge in [-0.05, 0) is 80.7 Å². The highest BCUT2D eigenvalue weighted by atomic mass is 16.7. The summed E-state index contributed by atoms with van der Waals surface area (Å²) < 4.78 is 25.0. The molecule has 0 aromatic carbocycles. The van der Waals surface area contributed by atoms with Crippen LogP contribution in [0.25, 0.3) is 0 Å². The highest BCUT2D eigenvalue weighted by Gasteiger charge is 2.52. The van der Waals surface area contributed by atoms with Crippen molar-refractivity contribution in [1.29, 1.82) is 0 Å². The third kappa shape index (κ3) is 10.8. The van der Waals surface area contributed by atoms with E-state index in [4.69, 9.17) is 35.4 Å². The quantitative estimate of drug-likeness (QED) is 0.128. The van der Waals surface area contributed by atoms with Crippen molar-refractivity contribution in [2.75, 3.05) is 33.8 Å². The molecule has 3 aliphatic heterocycles. The monoisotopic (exact) mass is 766 g/mol. The lowest BCUT2D eigenvalue weighted by Crippen LogP contribution is -2.60. The molecule has 54 heavy (non-hydrogen) atoms. The van der Waals surface area contributed by atoms with Gasteiger partial charge in [-0.25, -0.2) is 0 Å². The maximum Gasteiger partial charge on any atom is 0.316 e. The van der Waals surface area contributed by atoms with Crippen molar-refractivity contribution in [3.63, 3.8) is 0 Å². The van der Waals surface area contributed by atoms with Crippen LogP contribution in [-0.2, 0) is 33.4 Å². The largest absolute Gasteiger partial charge is 0.459 e. The fraction of sp³-hybridized carbons (Fsp3) is 0.878. The lowest BCUT2D eigenvalue weighted by molar-refractivity contribution is -0.295. The number of hydrogen-bond donors (Lipinski definition) is 3. The molecule has 0 unspecified atom stereocenters. The number of ketones is 1. The van der Waals surface area contributed by atoms with Gasteiger partial charge in [-0.3, -0.25) is 14.5 Å². The van der Waals surface area contributed by atoms with Gasteiger partial charge in [-0.1, -0.05) is 32.9 Å². The maximum absolute atomic E-state index is 14.3. The van der Waals surface area contributed by atoms with Crippen LogP contribution in [0.5, 0.6) is 0 Å². The molecule has 0 aromatic heterocycles. The molecule has 0 amide bonds. The number of hydrogen-bond acceptors (Lipinski definition) is 13. The van der Waals surface area contributed by atoms with Gasteiger partial charge < -0.3 is 44.0 Å². The van der Waals surface area contributed by atoms with Gasteiger partial charge in [0, 0.05) is 63.0 Å². The molecule has 0 bridgehead atoms. The number of terminal acetylenes is 1. The number of esters is 1. The molecular formula is C41H71N3O10. The summed E-state index contributed by atoms with van der Waals surface area (Å²) in [5, 5.41) is 40.1. The minimum Gasteiger partial charge on any atom is -0.459 e. The second-order valence-corrected chi connectivity index (χ2v) is 16.9. The fourth-order valence-electron chi connectivity index (χ4n) is 8.58. The van der Waals surface area contributed by atoms with E-state index in [2.05, 4.69) is 24.7 Å². The van der Waals surface area contributed by atoms with Crippen molar-refractivity contribution in [2.24, 2.45) is 28.8 Å². The Kier molecular flexibility index (Phi) is 17.0. The number of likely N-dealkylation sites (tertiary alicyclic amines) is 1. The Morgan fingerprint density at radius 3 is 2.28 bits per heavy atom. The van der Waals surface area contributed by atoms with E-state index < -0.39 is 77.3 Å². The number of carbonyl (C=O) groups is 2. The second kappa shape index (κ2) is 19.8. The van der Waals surface area contributed by atoms with Crippen LogP contribution in [0.1, 0.15) is 108 Å². The first-order chi connectivity index (χ1) is 25.2. The van der Waals surface area contributed by atoms with Gasteiger partial charge in [-0.15, -0.1) is 12.3 Å². The smallest absolute Gasteiger partial charge is 0.316 e. The Morgan fingerprint density at radius 2 is 1.72 bits per heavy atom. The van der Waals surface area contributed by atoms with Crippen LogP contribution in [0.4, 0.5) is 0 Å². The van der Waals surface area contributed by atoms with E-state index in [1.807, 2.05) is 32.7 Å². The Labute approximate surface area is 324 Å². The summed E-state index contributed by atoms with van der Waals surface area (Å²) in [6.45, 7) is 20.4. The molecule has 13 nitrogen and oxygen atoms in total. The SMILES string of the molecule is C#CCCN(C)[C@H]1C[C@@H](C)O[C@@H](O[C@@H]2[C@@H](C)C(=O)[C@@H](C)C(=O)O[C@H](CC)[C@@](C)(O)[C@H](O)[C@@H](C)C(=NOC3CCN(C(C)C)CC3)[C@H](C)C[C@@]2(C)OC)[C@@H]1O. The molecule has 13 heteroatoms. The van der Waals surface area contributed by atoms with Gasteiger partial charge in [0.05, 0.1) is 29.6 Å². The molecule has 0 spiro atoms. The Balaban J connectivity index is 2.11. The molecule has 0 saturated carbocycles. The third-order valence-corrected chi connectivity index (χ3v) is 12.4. The number of cyclic esters (lactones) is 1. The van der Waals surface area contributed by atoms with E-state index in [0.29, 0.717) is 31.1 Å². The third-order valence-electron chi connectivity index (χ3n) is 12.4. The van der Waals surface area contributed by atoms with Crippen LogP contribution < -0.4 is 0 Å². The highest BCUT2D eigenvalue weighted by Crippen LogP contribution is 2.39. The van der Waals surface area contributed by atoms with Crippen LogP contribution in [0.2, 0.25) is 0 Å². The van der Waals surface area contributed by atoms with Gasteiger partial charge in [-0.2, -0.15) is 0 Å². The zero-order chi connectivity index (χ0) is 40.7. The van der Waals surface area contributed by atoms with Gasteiger partial charge >= 0.3 is 5.97 Å². The zero-order valence-corrected chi connectivity index (χ0v) is 35.0. The number of oxime groups is 1. The minimum atomic E-state index is -1.89. The molecule has 3 saturated heterocycles. The van der Waals surface area contributed by atoms with Crippen molar-refractivity contribution in [3.05, 3.63) is 0 Å². The first-order valence-corrected chi connectivity index (χ1v) is 20.0. The predicted molar refractivity (Wildman–Crippen MR) is 206 cm³/mol. The number of aliphatic hydroxyl groups excluding tert-OH is 2. The number of carbonyl (C=O) groups excluding carboxylic acids is 2. The zero-order valence-electron chi connectivity index (χ0n) is 35.0. The predicted octanol–water partition coefficient (Wildman–Crippen LogP) is 3.79. The van der Waals surface area contributed by atoms with Crippen molar-refractivity contribution in [3.8, 4) is 12.3 Å². The van der Waals surface area contributed by atoms with Crippen LogP contribution in [0.3, 0.4) is 0 Å². The number of ether oxygens (including phenoxy) is 4. The summed E-state index contributed by atoms with van der Waals surface area (Å²) in [6.07, 6.45) is 2.37. The molecule has 310 valence electrons. The second-order valence-electron chi connectivity index (χ2n) is 16.9. The summed E-state index contributed by atoms with van der Waals surface area (Å²) in [5.74, 6) is -2.00. The average molecular weight is 766 g/mol. The topological polar surface area (TPSA) is 160 Å². The fourth-order valence-corrected chi connectivity index (χ4v) is 8.58. The number of Topliss-reactive ketones (excluding diaryl/α,β-unsaturated/α-hetero) is 1. The first-order valence-electron chi connectivity index (χ1n) is 20.0. The molecule has 3 N–H and O–H groups in total. The standard InChI is InChI=1S/C41H71N3O10/c1-14-16-19-43(12)31-22-26(6)51-39(35(31)46)53-37-28(8)34(45)29(9)38(48)52-32(15-2)41(11,49)36(47)27(7)33(25(5)23-40(37,10)50-13)42-54-30-17-20-44(21-18-30)24(3)4/h1,24-32,35-37,39,46-47,49H,15-23H2,2-13H3/t25-,26-,27+,28+,29-,31+,32-,35-,36-,37-,39+,40-,41-/m1/s1. The molecule has 13 atom stereocenters. The number of likely N-dealkylation sites (N-methyl/N-ethyl adjacent to an activating group) is 1. The molecule has 3 aliphatic rings. The summed E-state index contributed by atoms with van der Waals surface area (Å²) in [7, 11) is 3.43. The van der Waals surface area contributed by atoms with Crippen LogP contribution in [0, 0.1) is 36.0 Å². The van der Waals surface area contributed by atoms with Crippen LogP contribution in [0.15, 0.2) is 5.16 Å². The van der Waals surface area contributed by atoms with Gasteiger partial charge in [0.25, 0.3) is 0 Å². The summed E-state index contributed by atoms with van der Waals surface area (Å²) in [6, 6.07) is 0.0975. The Morgan fingerprint density at radius 1 is 1.09 bits per heavy atom. The number of methoxy groups -OCH3 is 1. The molecule has 0 aliphatic carbocycles. The molecule has 3 heterocycles. The van der Waals surface area contributed by atoms with Gasteiger partial charge in [0.15, 0.2) is 12.1 Å². The van der Waals surface area contributed by atoms with Crippen molar-refractivity contribution in [2.45, 2.75) is 174 Å². The van der Waals surface area contributed by atoms with E-state index in [1.165, 1.54) is 21.0 Å². The first kappa shape index (κ1) is 46.2. The molecule has 0 radical (unpaired) electrons. The van der Waals surface area contributed by atoms with Crippen LogP contribution in [-0.4, -0.2) is 143 Å². The average Bonchev–Trinajstić information content (AvgIpc) is 3.14. The molecule has 3 rings (SSSR count). The summed E-state index contributed by atoms with van der Waals surface area (Å²) >= 11 is 0. The highest BCUT2D eigenvalue weighted by molar-refractivity contribution is 6.00. The lowest BCUT2D eigenvalue weighted by atomic mass is 9.74. The number of rotatable bonds is 10. The summed E-state index contributed by atoms with van der Waals surface area (Å²) in [5.41, 5.74) is -2.63. The van der Waals surface area contributed by atoms with E-state index >= 15 is 0 Å². The Bertz CT molecular complexity index is 1300. The normalized spacial score (nSPS) is 40.7. The van der Waals surface area contributed by atoms with Crippen molar-refractivity contribution in [1.82, 2.24) is 9.80 Å². The van der Waals surface area contributed by atoms with Gasteiger partial charge in [0.1, 0.15) is 29.8 Å².